The van der Waals surface area contributed by atoms with Crippen molar-refractivity contribution < 1.29 is 14.3 Å². The van der Waals surface area contributed by atoms with Crippen molar-refractivity contribution in [2.45, 2.75) is 52.6 Å². The zero-order valence-electron chi connectivity index (χ0n) is 12.3. The summed E-state index contributed by atoms with van der Waals surface area (Å²) in [6.07, 6.45) is 0.345. The fraction of sp³-hybridized carbons (Fsp3) is 0.846. The lowest BCUT2D eigenvalue weighted by atomic mass is 10.0. The molecule has 0 saturated carbocycles. The van der Waals surface area contributed by atoms with Gasteiger partial charge in [0.1, 0.15) is 6.04 Å². The van der Waals surface area contributed by atoms with E-state index in [0.717, 1.165) is 0 Å². The number of amides is 1. The smallest absolute Gasteiger partial charge is 0.328 e. The number of carbonyl (C=O) groups excluding carboxylic acids is 2. The summed E-state index contributed by atoms with van der Waals surface area (Å²) in [7, 11) is 1.32. The predicted molar refractivity (Wildman–Crippen MR) is 71.2 cm³/mol. The van der Waals surface area contributed by atoms with Crippen LogP contribution in [0.25, 0.3) is 0 Å². The highest BCUT2D eigenvalue weighted by molar-refractivity contribution is 5.84. The number of hydrogen-bond donors (Lipinski definition) is 2. The maximum atomic E-state index is 11.7. The van der Waals surface area contributed by atoms with Gasteiger partial charge in [0.2, 0.25) is 5.91 Å². The number of methoxy groups -OCH3 is 1. The first-order valence-corrected chi connectivity index (χ1v) is 6.29. The van der Waals surface area contributed by atoms with Crippen molar-refractivity contribution in [2.24, 2.45) is 5.92 Å². The summed E-state index contributed by atoms with van der Waals surface area (Å²) < 4.78 is 4.66. The molecular formula is C13H26N2O3. The molecule has 0 bridgehead atoms. The Hall–Kier alpha value is -1.10. The lowest BCUT2D eigenvalue weighted by Gasteiger charge is -2.22. The van der Waals surface area contributed by atoms with Crippen LogP contribution in [0.4, 0.5) is 0 Å². The molecule has 0 aliphatic heterocycles. The standard InChI is InChI=1S/C13H26N2O3/c1-9(2)11(12(17)18-6)15-10(16)7-8-14-13(3,4)5/h9,11,14H,7-8H2,1-6H3,(H,15,16). The molecule has 0 aliphatic carbocycles. The van der Waals surface area contributed by atoms with Crippen LogP contribution in [-0.4, -0.2) is 37.1 Å². The molecule has 0 heterocycles. The number of hydrogen-bond acceptors (Lipinski definition) is 4. The third kappa shape index (κ3) is 7.27. The molecule has 1 amide bonds. The third-order valence-electron chi connectivity index (χ3n) is 2.45. The molecule has 0 aliphatic rings. The maximum Gasteiger partial charge on any atom is 0.328 e. The minimum Gasteiger partial charge on any atom is -0.467 e. The second-order valence-corrected chi connectivity index (χ2v) is 5.74. The Bertz CT molecular complexity index is 282. The van der Waals surface area contributed by atoms with E-state index in [1.165, 1.54) is 7.11 Å². The summed E-state index contributed by atoms with van der Waals surface area (Å²) in [6, 6.07) is -0.572. The van der Waals surface area contributed by atoms with E-state index >= 15 is 0 Å². The van der Waals surface area contributed by atoms with Gasteiger partial charge >= 0.3 is 5.97 Å². The normalized spacial score (nSPS) is 13.3. The molecule has 0 spiro atoms. The molecule has 0 saturated heterocycles. The van der Waals surface area contributed by atoms with Gasteiger partial charge in [-0.2, -0.15) is 0 Å². The number of carbonyl (C=O) groups is 2. The summed E-state index contributed by atoms with van der Waals surface area (Å²) in [6.45, 7) is 10.4. The van der Waals surface area contributed by atoms with Gasteiger partial charge in [-0.1, -0.05) is 13.8 Å². The molecule has 5 nitrogen and oxygen atoms in total. The fourth-order valence-corrected chi connectivity index (χ4v) is 1.42. The number of ether oxygens (including phenoxy) is 1. The molecule has 0 radical (unpaired) electrons. The van der Waals surface area contributed by atoms with E-state index in [-0.39, 0.29) is 17.4 Å². The maximum absolute atomic E-state index is 11.7. The first-order chi connectivity index (χ1) is 8.17. The van der Waals surface area contributed by atoms with E-state index in [9.17, 15) is 9.59 Å². The average Bonchev–Trinajstić information content (AvgIpc) is 2.22. The first kappa shape index (κ1) is 16.9. The quantitative estimate of drug-likeness (QED) is 0.700. The topological polar surface area (TPSA) is 67.4 Å². The lowest BCUT2D eigenvalue weighted by Crippen LogP contribution is -2.46. The Kier molecular flexibility index (Phi) is 6.91. The summed E-state index contributed by atoms with van der Waals surface area (Å²) >= 11 is 0. The van der Waals surface area contributed by atoms with Crippen molar-refractivity contribution in [3.63, 3.8) is 0 Å². The summed E-state index contributed by atoms with van der Waals surface area (Å²) in [4.78, 5) is 23.2. The van der Waals surface area contributed by atoms with E-state index in [0.29, 0.717) is 13.0 Å². The molecule has 2 N–H and O–H groups in total. The monoisotopic (exact) mass is 258 g/mol. The number of esters is 1. The second kappa shape index (κ2) is 7.36. The van der Waals surface area contributed by atoms with Crippen LogP contribution < -0.4 is 10.6 Å². The number of rotatable bonds is 6. The van der Waals surface area contributed by atoms with Crippen LogP contribution in [0.2, 0.25) is 0 Å². The van der Waals surface area contributed by atoms with E-state index in [2.05, 4.69) is 15.4 Å². The van der Waals surface area contributed by atoms with Crippen LogP contribution in [0.15, 0.2) is 0 Å². The van der Waals surface area contributed by atoms with Gasteiger partial charge in [0.05, 0.1) is 7.11 Å². The lowest BCUT2D eigenvalue weighted by molar-refractivity contribution is -0.146. The Morgan fingerprint density at radius 3 is 2.17 bits per heavy atom. The predicted octanol–water partition coefficient (Wildman–Crippen LogP) is 1.08. The Labute approximate surface area is 110 Å². The molecule has 1 atom stereocenters. The molecule has 0 aromatic carbocycles. The minimum atomic E-state index is -0.572. The molecule has 0 aromatic rings. The average molecular weight is 258 g/mol. The largest absolute Gasteiger partial charge is 0.467 e. The van der Waals surface area contributed by atoms with Gasteiger partial charge in [0.25, 0.3) is 0 Å². The molecule has 1 unspecified atom stereocenters. The third-order valence-corrected chi connectivity index (χ3v) is 2.45. The second-order valence-electron chi connectivity index (χ2n) is 5.74. The summed E-state index contributed by atoms with van der Waals surface area (Å²) in [5, 5.41) is 5.92. The molecule has 0 fully saturated rings. The Morgan fingerprint density at radius 2 is 1.78 bits per heavy atom. The molecule has 106 valence electrons. The van der Waals surface area contributed by atoms with Gasteiger partial charge < -0.3 is 15.4 Å². The van der Waals surface area contributed by atoms with Crippen LogP contribution in [0.3, 0.4) is 0 Å². The van der Waals surface area contributed by atoms with Crippen LogP contribution >= 0.6 is 0 Å². The Balaban J connectivity index is 4.15. The molecule has 0 rings (SSSR count). The zero-order valence-corrected chi connectivity index (χ0v) is 12.3. The van der Waals surface area contributed by atoms with Gasteiger partial charge in [-0.25, -0.2) is 4.79 Å². The van der Waals surface area contributed by atoms with Crippen LogP contribution in [-0.2, 0) is 14.3 Å². The van der Waals surface area contributed by atoms with E-state index < -0.39 is 12.0 Å². The van der Waals surface area contributed by atoms with Crippen molar-refractivity contribution in [1.29, 1.82) is 0 Å². The van der Waals surface area contributed by atoms with E-state index in [1.807, 2.05) is 34.6 Å². The van der Waals surface area contributed by atoms with Gasteiger partial charge in [0, 0.05) is 18.5 Å². The Morgan fingerprint density at radius 1 is 1.22 bits per heavy atom. The van der Waals surface area contributed by atoms with Crippen molar-refractivity contribution in [1.82, 2.24) is 10.6 Å². The van der Waals surface area contributed by atoms with Crippen LogP contribution in [0.1, 0.15) is 41.0 Å². The highest BCUT2D eigenvalue weighted by Crippen LogP contribution is 2.04. The van der Waals surface area contributed by atoms with Crippen LogP contribution in [0, 0.1) is 5.92 Å². The molecular weight excluding hydrogens is 232 g/mol. The van der Waals surface area contributed by atoms with Crippen LogP contribution in [0.5, 0.6) is 0 Å². The minimum absolute atomic E-state index is 0.0111. The van der Waals surface area contributed by atoms with Crippen molar-refractivity contribution in [3.8, 4) is 0 Å². The fourth-order valence-electron chi connectivity index (χ4n) is 1.42. The SMILES string of the molecule is COC(=O)C(NC(=O)CCNC(C)(C)C)C(C)C. The molecule has 5 heteroatoms. The highest BCUT2D eigenvalue weighted by atomic mass is 16.5. The summed E-state index contributed by atoms with van der Waals surface area (Å²) in [5.41, 5.74) is -0.0138. The van der Waals surface area contributed by atoms with E-state index in [4.69, 9.17) is 0 Å². The van der Waals surface area contributed by atoms with Gasteiger partial charge in [-0.3, -0.25) is 4.79 Å². The highest BCUT2D eigenvalue weighted by Gasteiger charge is 2.24. The first-order valence-electron chi connectivity index (χ1n) is 6.29. The van der Waals surface area contributed by atoms with E-state index in [1.54, 1.807) is 0 Å². The van der Waals surface area contributed by atoms with Crippen molar-refractivity contribution >= 4 is 11.9 Å². The van der Waals surface area contributed by atoms with Gasteiger partial charge in [-0.05, 0) is 26.7 Å². The van der Waals surface area contributed by atoms with Gasteiger partial charge in [0.15, 0.2) is 0 Å². The summed E-state index contributed by atoms with van der Waals surface area (Å²) in [5.74, 6) is -0.532. The zero-order chi connectivity index (χ0) is 14.3. The van der Waals surface area contributed by atoms with Gasteiger partial charge in [-0.15, -0.1) is 0 Å². The number of nitrogens with one attached hydrogen (secondary N) is 2. The molecule has 0 aromatic heterocycles. The molecule has 18 heavy (non-hydrogen) atoms. The van der Waals surface area contributed by atoms with Crippen molar-refractivity contribution in [2.75, 3.05) is 13.7 Å². The van der Waals surface area contributed by atoms with Crippen molar-refractivity contribution in [3.05, 3.63) is 0 Å².